The van der Waals surface area contributed by atoms with Crippen LogP contribution in [0, 0.1) is 0 Å². The monoisotopic (exact) mass is 996 g/mol. The van der Waals surface area contributed by atoms with Crippen molar-refractivity contribution in [3.63, 3.8) is 0 Å². The number of rotatable bonds is 22. The maximum absolute atomic E-state index is 11.9. The smallest absolute Gasteiger partial charge is 0.352 e. The summed E-state index contributed by atoms with van der Waals surface area (Å²) in [5, 5.41) is 0. The first-order chi connectivity index (χ1) is 24.7. The number of ether oxygens (including phenoxy) is 4. The van der Waals surface area contributed by atoms with Crippen LogP contribution in [-0.2, 0) is 131 Å². The van der Waals surface area contributed by atoms with Gasteiger partial charge >= 0.3 is 72.8 Å². The lowest BCUT2D eigenvalue weighted by Gasteiger charge is -2.46. The van der Waals surface area contributed by atoms with Gasteiger partial charge in [-0.25, -0.2) is 29.3 Å². The molecule has 334 valence electrons. The van der Waals surface area contributed by atoms with Crippen molar-refractivity contribution < 1.29 is 152 Å². The van der Waals surface area contributed by atoms with Gasteiger partial charge < -0.3 is 18.9 Å². The zero-order chi connectivity index (χ0) is 43.7. The predicted molar refractivity (Wildman–Crippen MR) is 157 cm³/mol. The Kier molecular flexibility index (Phi) is 16.2. The van der Waals surface area contributed by atoms with Gasteiger partial charge in [0, 0.05) is 0 Å². The molecule has 2 heterocycles. The Morgan fingerprint density at radius 2 is 0.875 bits per heavy atom. The molecule has 0 bridgehead atoms. The van der Waals surface area contributed by atoms with E-state index in [1.54, 1.807) is 0 Å². The topological polar surface area (TPSA) is 536 Å². The van der Waals surface area contributed by atoms with Gasteiger partial charge in [-0.15, -0.1) is 0 Å². The summed E-state index contributed by atoms with van der Waals surface area (Å²) in [5.41, 5.74) is 0. The molecule has 56 heavy (non-hydrogen) atoms. The zero-order valence-corrected chi connectivity index (χ0v) is 32.3. The number of hydrogen-bond acceptors (Lipinski definition) is 27. The highest BCUT2D eigenvalue weighted by Crippen LogP contribution is 2.42. The Morgan fingerprint density at radius 1 is 0.464 bits per heavy atom. The highest BCUT2D eigenvalue weighted by atomic mass is 32.3. The first-order valence-corrected chi connectivity index (χ1v) is 23.9. The van der Waals surface area contributed by atoms with Gasteiger partial charge in [-0.3, -0.25) is 36.4 Å². The van der Waals surface area contributed by atoms with Gasteiger partial charge in [0.25, 0.3) is 10.1 Å². The second-order valence-corrected chi connectivity index (χ2v) is 18.8. The molecule has 9 atom stereocenters. The molecule has 43 heteroatoms. The highest BCUT2D eigenvalue weighted by molar-refractivity contribution is 7.85. The maximum Gasteiger partial charge on any atom is 0.397 e. The van der Waals surface area contributed by atoms with Gasteiger partial charge in [0.05, 0.1) is 13.2 Å². The summed E-state index contributed by atoms with van der Waals surface area (Å²) in [7, 11) is -47.3. The molecule has 0 spiro atoms. The summed E-state index contributed by atoms with van der Waals surface area (Å²) in [6.45, 7) is -6.13. The third kappa shape index (κ3) is 18.4. The van der Waals surface area contributed by atoms with Crippen LogP contribution >= 0.6 is 0 Å². The van der Waals surface area contributed by atoms with E-state index in [1.807, 2.05) is 0 Å². The maximum atomic E-state index is 11.9. The van der Waals surface area contributed by atoms with Crippen molar-refractivity contribution in [3.8, 4) is 0 Å². The van der Waals surface area contributed by atoms with Crippen molar-refractivity contribution in [3.05, 3.63) is 0 Å². The van der Waals surface area contributed by atoms with Crippen molar-refractivity contribution in [1.29, 1.82) is 0 Å². The van der Waals surface area contributed by atoms with Crippen LogP contribution in [0.5, 0.6) is 0 Å². The summed E-state index contributed by atoms with van der Waals surface area (Å²) in [4.78, 5) is 0. The number of hydrogen-bond donors (Lipinski definition) is 8. The van der Waals surface area contributed by atoms with Crippen molar-refractivity contribution >= 4 is 82.9 Å². The van der Waals surface area contributed by atoms with Gasteiger partial charge in [0.2, 0.25) is 5.79 Å². The minimum Gasteiger partial charge on any atom is -0.352 e. The Bertz CT molecular complexity index is 2300. The van der Waals surface area contributed by atoms with Crippen LogP contribution in [0.1, 0.15) is 0 Å². The van der Waals surface area contributed by atoms with E-state index in [1.165, 1.54) is 0 Å². The molecule has 2 aliphatic heterocycles. The van der Waals surface area contributed by atoms with Gasteiger partial charge in [-0.2, -0.15) is 67.3 Å². The van der Waals surface area contributed by atoms with Crippen molar-refractivity contribution in [2.75, 3.05) is 25.8 Å². The summed E-state index contributed by atoms with van der Waals surface area (Å²) in [6.07, 6.45) is -25.1. The molecule has 2 saturated heterocycles. The first-order valence-electron chi connectivity index (χ1n) is 12.7. The fourth-order valence-corrected chi connectivity index (χ4v) is 7.63. The molecule has 0 amide bonds. The average molecular weight is 997 g/mol. The van der Waals surface area contributed by atoms with Crippen molar-refractivity contribution in [2.45, 2.75) is 54.8 Å². The minimum atomic E-state index is -6.21. The molecular weight excluding hydrogens is 973 g/mol. The van der Waals surface area contributed by atoms with E-state index < -0.39 is 163 Å². The zero-order valence-electron chi connectivity index (χ0n) is 25.8. The molecule has 8 N–H and O–H groups in total. The van der Waals surface area contributed by atoms with Crippen molar-refractivity contribution in [2.24, 2.45) is 0 Å². The Morgan fingerprint density at radius 3 is 1.29 bits per heavy atom. The molecule has 0 aromatic carbocycles. The lowest BCUT2D eigenvalue weighted by Crippen LogP contribution is -2.65. The summed E-state index contributed by atoms with van der Waals surface area (Å²) < 4.78 is 309. The molecule has 0 unspecified atom stereocenters. The summed E-state index contributed by atoms with van der Waals surface area (Å²) >= 11 is 0. The van der Waals surface area contributed by atoms with Gasteiger partial charge in [-0.05, 0) is 0 Å². The van der Waals surface area contributed by atoms with Crippen LogP contribution in [0.2, 0.25) is 0 Å². The molecule has 0 saturated carbocycles. The molecule has 2 aliphatic rings. The molecule has 0 aliphatic carbocycles. The van der Waals surface area contributed by atoms with Crippen LogP contribution in [0.3, 0.4) is 0 Å². The van der Waals surface area contributed by atoms with E-state index in [2.05, 4.69) is 29.3 Å². The van der Waals surface area contributed by atoms with Gasteiger partial charge in [-0.1, -0.05) is 0 Å². The summed E-state index contributed by atoms with van der Waals surface area (Å²) in [5.74, 6) is -6.23. The standard InChI is InChI=1S/C13H24O35S8/c14-49(15,16)4-38-10-9(47-55(32,33)34)7(45-53(26,27)28)5(1-39-50(17,18)19)42-12(10)44-13(3-41-52(23,24)25)11(48-56(35,36)37)8(46-54(29,30)31)6(43-13)2-40-51(20,21)22/h5-12H,1-4H2,(H,14,15,16)(H,17,18,19)(H,20,21,22)(H,23,24,25)(H,26,27,28)(H,29,30,31)(H,32,33,34)(H,35,36,37)/t5-,6-,7-,8-,9+,10-,11+,12-,13+/m0/s1. The Hall–Kier alpha value is -1.16. The van der Waals surface area contributed by atoms with Crippen LogP contribution in [0.15, 0.2) is 0 Å². The van der Waals surface area contributed by atoms with E-state index in [9.17, 15) is 94.7 Å². The van der Waals surface area contributed by atoms with Crippen LogP contribution in [0.4, 0.5) is 0 Å². The van der Waals surface area contributed by atoms with Crippen molar-refractivity contribution in [1.82, 2.24) is 0 Å². The third-order valence-corrected chi connectivity index (χ3v) is 9.42. The van der Waals surface area contributed by atoms with E-state index in [0.717, 1.165) is 0 Å². The first kappa shape index (κ1) is 51.0. The minimum absolute atomic E-state index is 1.89. The SMILES string of the molecule is O=S(=O)(O)CO[C@@H]1[C@H](O[C@@]2(COS(=O)(=O)O)O[C@@H](COS(=O)(=O)O)[C@H](OS(=O)(=O)O)[C@H]2OS(=O)(=O)O)O[C@@H](COS(=O)(=O)O)[C@H](OS(=O)(=O)O)[C@H]1OS(=O)(=O)O. The third-order valence-electron chi connectivity index (χ3n) is 5.86. The normalized spacial score (nSPS) is 30.4. The second kappa shape index (κ2) is 17.8. The van der Waals surface area contributed by atoms with E-state index in [-0.39, 0.29) is 0 Å². The van der Waals surface area contributed by atoms with Crippen LogP contribution in [-0.4, -0.2) is 184 Å². The van der Waals surface area contributed by atoms with Gasteiger partial charge in [0.15, 0.2) is 18.3 Å². The van der Waals surface area contributed by atoms with E-state index >= 15 is 0 Å². The van der Waals surface area contributed by atoms with E-state index in [4.69, 9.17) is 28.1 Å². The molecule has 0 radical (unpaired) electrons. The molecular formula is C13H24O35S8. The fraction of sp³-hybridized carbons (Fsp3) is 1.00. The molecule has 2 rings (SSSR count). The lowest BCUT2D eigenvalue weighted by atomic mass is 9.98. The highest BCUT2D eigenvalue weighted by Gasteiger charge is 2.65. The molecule has 0 aromatic rings. The molecule has 35 nitrogen and oxygen atoms in total. The van der Waals surface area contributed by atoms with Gasteiger partial charge in [0.1, 0.15) is 43.2 Å². The van der Waals surface area contributed by atoms with Crippen LogP contribution in [0.25, 0.3) is 0 Å². The average Bonchev–Trinajstić information content (AvgIpc) is 3.17. The molecule has 0 aromatic heterocycles. The summed E-state index contributed by atoms with van der Waals surface area (Å²) in [6, 6.07) is 0. The second-order valence-electron chi connectivity index (χ2n) is 9.98. The van der Waals surface area contributed by atoms with E-state index in [0.29, 0.717) is 0 Å². The van der Waals surface area contributed by atoms with Crippen LogP contribution < -0.4 is 0 Å². The Balaban J connectivity index is 3.07. The Labute approximate surface area is 314 Å². The lowest BCUT2D eigenvalue weighted by molar-refractivity contribution is -0.379. The molecule has 2 fully saturated rings. The fourth-order valence-electron chi connectivity index (χ4n) is 4.34. The predicted octanol–water partition coefficient (Wildman–Crippen LogP) is -6.74. The largest absolute Gasteiger partial charge is 0.397 e. The quantitative estimate of drug-likeness (QED) is 0.0467.